The fourth-order valence-electron chi connectivity index (χ4n) is 2.30. The van der Waals surface area contributed by atoms with Crippen LogP contribution in [0.2, 0.25) is 0 Å². The fourth-order valence-corrected chi connectivity index (χ4v) is 2.30. The van der Waals surface area contributed by atoms with Crippen molar-refractivity contribution >= 4 is 5.69 Å². The molecule has 2 nitrogen and oxygen atoms in total. The van der Waals surface area contributed by atoms with E-state index in [2.05, 4.69) is 55.2 Å². The number of nitrogens with zero attached hydrogens (tertiary/aromatic N) is 1. The summed E-state index contributed by atoms with van der Waals surface area (Å²) in [6.45, 7) is 3.76. The number of hydrogen-bond acceptors (Lipinski definition) is 2. The molecule has 0 fully saturated rings. The molecule has 0 bridgehead atoms. The Hall–Kier alpha value is -1.28. The molecule has 0 heterocycles. The lowest BCUT2D eigenvalue weighted by atomic mass is 10.00. The van der Waals surface area contributed by atoms with E-state index in [1.807, 2.05) is 13.1 Å². The molecule has 1 unspecified atom stereocenters. The summed E-state index contributed by atoms with van der Waals surface area (Å²) >= 11 is 0. The highest BCUT2D eigenvalue weighted by Gasteiger charge is 2.08. The SMILES string of the molecule is C=CCCCCCC(NC)c1ccc(N(C)C)cc1. The molecule has 0 saturated carbocycles. The highest BCUT2D eigenvalue weighted by molar-refractivity contribution is 5.46. The summed E-state index contributed by atoms with van der Waals surface area (Å²) < 4.78 is 0. The first-order valence-electron chi connectivity index (χ1n) is 7.24. The smallest absolute Gasteiger partial charge is 0.0361 e. The zero-order chi connectivity index (χ0) is 14.1. The van der Waals surface area contributed by atoms with Crippen molar-refractivity contribution in [3.63, 3.8) is 0 Å². The molecule has 0 aromatic heterocycles. The van der Waals surface area contributed by atoms with Gasteiger partial charge in [-0.1, -0.05) is 31.1 Å². The van der Waals surface area contributed by atoms with Crippen LogP contribution in [0.15, 0.2) is 36.9 Å². The van der Waals surface area contributed by atoms with E-state index in [1.165, 1.54) is 36.9 Å². The number of unbranched alkanes of at least 4 members (excludes halogenated alkanes) is 3. The molecule has 0 aliphatic rings. The first-order chi connectivity index (χ1) is 9.19. The van der Waals surface area contributed by atoms with Gasteiger partial charge in [0.05, 0.1) is 0 Å². The monoisotopic (exact) mass is 260 g/mol. The topological polar surface area (TPSA) is 15.3 Å². The van der Waals surface area contributed by atoms with Gasteiger partial charge in [-0.25, -0.2) is 0 Å². The van der Waals surface area contributed by atoms with Crippen LogP contribution in [0.5, 0.6) is 0 Å². The molecule has 0 radical (unpaired) electrons. The largest absolute Gasteiger partial charge is 0.378 e. The molecule has 1 aromatic rings. The summed E-state index contributed by atoms with van der Waals surface area (Å²) in [5, 5.41) is 3.42. The van der Waals surface area contributed by atoms with Crippen molar-refractivity contribution < 1.29 is 0 Å². The predicted molar refractivity (Wildman–Crippen MR) is 85.9 cm³/mol. The molecule has 2 heteroatoms. The molecule has 0 aliphatic heterocycles. The third kappa shape index (κ3) is 5.48. The Labute approximate surface area is 118 Å². The van der Waals surface area contributed by atoms with Gasteiger partial charge in [0.15, 0.2) is 0 Å². The number of anilines is 1. The molecular weight excluding hydrogens is 232 g/mol. The van der Waals surface area contributed by atoms with E-state index in [1.54, 1.807) is 0 Å². The van der Waals surface area contributed by atoms with Gasteiger partial charge < -0.3 is 10.2 Å². The van der Waals surface area contributed by atoms with Crippen LogP contribution in [0.25, 0.3) is 0 Å². The minimum atomic E-state index is 0.472. The maximum Gasteiger partial charge on any atom is 0.0361 e. The van der Waals surface area contributed by atoms with Crippen molar-refractivity contribution in [1.29, 1.82) is 0 Å². The van der Waals surface area contributed by atoms with Crippen LogP contribution < -0.4 is 10.2 Å². The fraction of sp³-hybridized carbons (Fsp3) is 0.529. The zero-order valence-electron chi connectivity index (χ0n) is 12.7. The summed E-state index contributed by atoms with van der Waals surface area (Å²) in [4.78, 5) is 2.13. The van der Waals surface area contributed by atoms with E-state index in [0.29, 0.717) is 6.04 Å². The van der Waals surface area contributed by atoms with Gasteiger partial charge in [-0.2, -0.15) is 0 Å². The standard InChI is InChI=1S/C17H28N2/c1-5-6-7-8-9-10-17(18-2)15-11-13-16(14-12-15)19(3)4/h5,11-14,17-18H,1,6-10H2,2-4H3. The highest BCUT2D eigenvalue weighted by atomic mass is 15.1. The Kier molecular flexibility index (Phi) is 7.27. The quantitative estimate of drug-likeness (QED) is 0.530. The molecule has 1 aromatic carbocycles. The Bertz CT molecular complexity index is 354. The lowest BCUT2D eigenvalue weighted by Crippen LogP contribution is -2.16. The van der Waals surface area contributed by atoms with Crippen LogP contribution in [-0.2, 0) is 0 Å². The van der Waals surface area contributed by atoms with E-state index < -0.39 is 0 Å². The Morgan fingerprint density at radius 3 is 2.37 bits per heavy atom. The molecule has 0 aliphatic carbocycles. The van der Waals surface area contributed by atoms with Gasteiger partial charge in [-0.3, -0.25) is 0 Å². The van der Waals surface area contributed by atoms with Gasteiger partial charge in [0.1, 0.15) is 0 Å². The minimum Gasteiger partial charge on any atom is -0.378 e. The molecule has 1 atom stereocenters. The van der Waals surface area contributed by atoms with Crippen molar-refractivity contribution in [2.24, 2.45) is 0 Å². The maximum atomic E-state index is 3.76. The van der Waals surface area contributed by atoms with Gasteiger partial charge in [0.25, 0.3) is 0 Å². The van der Waals surface area contributed by atoms with E-state index in [0.717, 1.165) is 6.42 Å². The lowest BCUT2D eigenvalue weighted by molar-refractivity contribution is 0.508. The molecule has 1 rings (SSSR count). The van der Waals surface area contributed by atoms with Crippen molar-refractivity contribution in [3.8, 4) is 0 Å². The second-order valence-electron chi connectivity index (χ2n) is 5.25. The average Bonchev–Trinajstić information content (AvgIpc) is 2.43. The van der Waals surface area contributed by atoms with E-state index in [-0.39, 0.29) is 0 Å². The Balaban J connectivity index is 2.47. The molecule has 0 saturated heterocycles. The second kappa shape index (κ2) is 8.76. The second-order valence-corrected chi connectivity index (χ2v) is 5.25. The third-order valence-corrected chi connectivity index (χ3v) is 3.56. The summed E-state index contributed by atoms with van der Waals surface area (Å²) in [5.41, 5.74) is 2.64. The number of hydrogen-bond donors (Lipinski definition) is 1. The lowest BCUT2D eigenvalue weighted by Gasteiger charge is -2.18. The van der Waals surface area contributed by atoms with Crippen molar-refractivity contribution in [3.05, 3.63) is 42.5 Å². The van der Waals surface area contributed by atoms with Crippen LogP contribution >= 0.6 is 0 Å². The van der Waals surface area contributed by atoms with Crippen LogP contribution in [0.1, 0.15) is 43.7 Å². The van der Waals surface area contributed by atoms with Gasteiger partial charge >= 0.3 is 0 Å². The summed E-state index contributed by atoms with van der Waals surface area (Å²) in [7, 11) is 6.20. The van der Waals surface area contributed by atoms with E-state index in [4.69, 9.17) is 0 Å². The molecule has 19 heavy (non-hydrogen) atoms. The maximum absolute atomic E-state index is 3.76. The molecular formula is C17H28N2. The van der Waals surface area contributed by atoms with Crippen molar-refractivity contribution in [2.75, 3.05) is 26.0 Å². The Morgan fingerprint density at radius 2 is 1.84 bits per heavy atom. The average molecular weight is 260 g/mol. The Morgan fingerprint density at radius 1 is 1.16 bits per heavy atom. The number of nitrogens with one attached hydrogen (secondary N) is 1. The number of rotatable bonds is 9. The van der Waals surface area contributed by atoms with Crippen LogP contribution in [-0.4, -0.2) is 21.1 Å². The predicted octanol–water partition coefficient (Wildman–Crippen LogP) is 4.15. The summed E-state index contributed by atoms with van der Waals surface area (Å²) in [5.74, 6) is 0. The zero-order valence-corrected chi connectivity index (χ0v) is 12.7. The summed E-state index contributed by atoms with van der Waals surface area (Å²) in [6, 6.07) is 9.33. The first-order valence-corrected chi connectivity index (χ1v) is 7.24. The van der Waals surface area contributed by atoms with Gasteiger partial charge in [0, 0.05) is 25.8 Å². The minimum absolute atomic E-state index is 0.472. The summed E-state index contributed by atoms with van der Waals surface area (Å²) in [6.07, 6.45) is 8.18. The van der Waals surface area contributed by atoms with Crippen molar-refractivity contribution in [1.82, 2.24) is 5.32 Å². The van der Waals surface area contributed by atoms with Gasteiger partial charge in [0.2, 0.25) is 0 Å². The van der Waals surface area contributed by atoms with Gasteiger partial charge in [-0.05, 0) is 44.0 Å². The van der Waals surface area contributed by atoms with Crippen LogP contribution in [0.3, 0.4) is 0 Å². The molecule has 106 valence electrons. The molecule has 1 N–H and O–H groups in total. The van der Waals surface area contributed by atoms with Crippen LogP contribution in [0, 0.1) is 0 Å². The third-order valence-electron chi connectivity index (χ3n) is 3.56. The number of benzene rings is 1. The molecule has 0 spiro atoms. The number of allylic oxidation sites excluding steroid dienone is 1. The van der Waals surface area contributed by atoms with Gasteiger partial charge in [-0.15, -0.1) is 6.58 Å². The normalized spacial score (nSPS) is 12.2. The highest BCUT2D eigenvalue weighted by Crippen LogP contribution is 2.22. The van der Waals surface area contributed by atoms with E-state index in [9.17, 15) is 0 Å². The first kappa shape index (κ1) is 15.8. The van der Waals surface area contributed by atoms with E-state index >= 15 is 0 Å². The van der Waals surface area contributed by atoms with Crippen molar-refractivity contribution in [2.45, 2.75) is 38.1 Å². The molecule has 0 amide bonds. The van der Waals surface area contributed by atoms with Crippen LogP contribution in [0.4, 0.5) is 5.69 Å².